The van der Waals surface area contributed by atoms with Crippen molar-refractivity contribution in [3.63, 3.8) is 0 Å². The average Bonchev–Trinajstić information content (AvgIpc) is 3.34. The Kier molecular flexibility index (Phi) is 6.18. The van der Waals surface area contributed by atoms with E-state index < -0.39 is 21.8 Å². The van der Waals surface area contributed by atoms with Gasteiger partial charge < -0.3 is 0 Å². The number of carbonyl (C=O) groups is 2. The second-order valence-corrected chi connectivity index (χ2v) is 8.62. The van der Waals surface area contributed by atoms with Crippen molar-refractivity contribution in [1.29, 1.82) is 0 Å². The predicted molar refractivity (Wildman–Crippen MR) is 123 cm³/mol. The van der Waals surface area contributed by atoms with Crippen LogP contribution in [-0.2, 0) is 10.0 Å². The maximum Gasteiger partial charge on any atom is 0.287 e. The zero-order valence-electron chi connectivity index (χ0n) is 17.1. The standard InChI is InChI=1S/C23H19N5O4S/c29-22(26-27-23(30)21-15-20(24-25-21)16-7-3-1-4-8-16)17-11-13-18(14-12-17)28-33(31,32)19-9-5-2-6-10-19/h1-15,28H,(H,24,25)(H,26,29)(H,27,30). The first-order valence-electron chi connectivity index (χ1n) is 9.82. The second kappa shape index (κ2) is 9.37. The van der Waals surface area contributed by atoms with Crippen molar-refractivity contribution >= 4 is 27.5 Å². The second-order valence-electron chi connectivity index (χ2n) is 6.94. The van der Waals surface area contributed by atoms with Gasteiger partial charge in [0, 0.05) is 16.8 Å². The molecule has 2 amide bonds. The Morgan fingerprint density at radius 2 is 1.36 bits per heavy atom. The minimum Gasteiger partial charge on any atom is -0.280 e. The van der Waals surface area contributed by atoms with Gasteiger partial charge in [0.05, 0.1) is 10.6 Å². The lowest BCUT2D eigenvalue weighted by atomic mass is 10.1. The number of benzene rings is 3. The van der Waals surface area contributed by atoms with Crippen molar-refractivity contribution in [3.8, 4) is 11.3 Å². The van der Waals surface area contributed by atoms with Gasteiger partial charge in [-0.15, -0.1) is 0 Å². The van der Waals surface area contributed by atoms with Crippen molar-refractivity contribution in [2.75, 3.05) is 4.72 Å². The molecule has 33 heavy (non-hydrogen) atoms. The van der Waals surface area contributed by atoms with Gasteiger partial charge in [0.1, 0.15) is 5.69 Å². The lowest BCUT2D eigenvalue weighted by Crippen LogP contribution is -2.41. The number of nitrogens with zero attached hydrogens (tertiary/aromatic N) is 1. The molecule has 4 rings (SSSR count). The van der Waals surface area contributed by atoms with E-state index in [9.17, 15) is 18.0 Å². The molecule has 166 valence electrons. The smallest absolute Gasteiger partial charge is 0.280 e. The number of carbonyl (C=O) groups excluding carboxylic acids is 2. The summed E-state index contributed by atoms with van der Waals surface area (Å²) in [5.41, 5.74) is 6.78. The fourth-order valence-electron chi connectivity index (χ4n) is 2.95. The maximum atomic E-state index is 12.4. The number of amides is 2. The monoisotopic (exact) mass is 461 g/mol. The Morgan fingerprint density at radius 3 is 2.03 bits per heavy atom. The van der Waals surface area contributed by atoms with Crippen LogP contribution in [0, 0.1) is 0 Å². The molecule has 0 spiro atoms. The van der Waals surface area contributed by atoms with Gasteiger partial charge >= 0.3 is 0 Å². The number of aromatic amines is 1. The van der Waals surface area contributed by atoms with Gasteiger partial charge in [-0.05, 0) is 42.5 Å². The van der Waals surface area contributed by atoms with Gasteiger partial charge in [-0.3, -0.25) is 30.3 Å². The van der Waals surface area contributed by atoms with Gasteiger partial charge in [-0.25, -0.2) is 8.42 Å². The molecule has 0 saturated carbocycles. The van der Waals surface area contributed by atoms with Crippen LogP contribution >= 0.6 is 0 Å². The quantitative estimate of drug-likeness (QED) is 0.328. The van der Waals surface area contributed by atoms with E-state index in [0.29, 0.717) is 11.4 Å². The Bertz CT molecular complexity index is 1370. The van der Waals surface area contributed by atoms with Crippen LogP contribution < -0.4 is 15.6 Å². The zero-order chi connectivity index (χ0) is 23.3. The summed E-state index contributed by atoms with van der Waals surface area (Å²) in [6.07, 6.45) is 0. The number of hydrazine groups is 1. The summed E-state index contributed by atoms with van der Waals surface area (Å²) < 4.78 is 27.2. The number of H-pyrrole nitrogens is 1. The van der Waals surface area contributed by atoms with E-state index in [1.54, 1.807) is 24.3 Å². The molecule has 0 unspecified atom stereocenters. The van der Waals surface area contributed by atoms with Gasteiger partial charge in [-0.1, -0.05) is 48.5 Å². The van der Waals surface area contributed by atoms with Crippen molar-refractivity contribution in [2.45, 2.75) is 4.90 Å². The molecule has 0 aliphatic rings. The highest BCUT2D eigenvalue weighted by atomic mass is 32.2. The van der Waals surface area contributed by atoms with Crippen LogP contribution in [0.2, 0.25) is 0 Å². The highest BCUT2D eigenvalue weighted by molar-refractivity contribution is 7.92. The topological polar surface area (TPSA) is 133 Å². The molecule has 10 heteroatoms. The molecule has 1 aromatic heterocycles. The summed E-state index contributed by atoms with van der Waals surface area (Å²) in [7, 11) is -3.73. The number of nitrogens with one attached hydrogen (secondary N) is 4. The van der Waals surface area contributed by atoms with Crippen LogP contribution in [0.3, 0.4) is 0 Å². The van der Waals surface area contributed by atoms with E-state index in [-0.39, 0.29) is 16.2 Å². The predicted octanol–water partition coefficient (Wildman–Crippen LogP) is 2.95. The normalized spacial score (nSPS) is 10.9. The van der Waals surface area contributed by atoms with Gasteiger partial charge in [0.2, 0.25) is 0 Å². The Labute approximate surface area is 189 Å². The number of aromatic nitrogens is 2. The molecule has 3 aromatic carbocycles. The fraction of sp³-hybridized carbons (Fsp3) is 0. The van der Waals surface area contributed by atoms with E-state index in [1.165, 1.54) is 36.4 Å². The molecule has 0 fully saturated rings. The van der Waals surface area contributed by atoms with E-state index in [0.717, 1.165) is 5.56 Å². The number of rotatable bonds is 6. The van der Waals surface area contributed by atoms with Crippen LogP contribution in [-0.4, -0.2) is 30.4 Å². The van der Waals surface area contributed by atoms with Crippen LogP contribution in [0.4, 0.5) is 5.69 Å². The maximum absolute atomic E-state index is 12.4. The Morgan fingerprint density at radius 1 is 0.758 bits per heavy atom. The highest BCUT2D eigenvalue weighted by Crippen LogP contribution is 2.17. The fourth-order valence-corrected chi connectivity index (χ4v) is 4.03. The Hall–Kier alpha value is -4.44. The van der Waals surface area contributed by atoms with Crippen LogP contribution in [0.1, 0.15) is 20.8 Å². The van der Waals surface area contributed by atoms with Crippen molar-refractivity contribution in [3.05, 3.63) is 102 Å². The number of anilines is 1. The summed E-state index contributed by atoms with van der Waals surface area (Å²) in [5, 5.41) is 6.73. The molecule has 4 N–H and O–H groups in total. The molecule has 0 radical (unpaired) electrons. The van der Waals surface area contributed by atoms with E-state index in [2.05, 4.69) is 25.8 Å². The van der Waals surface area contributed by atoms with E-state index >= 15 is 0 Å². The minimum absolute atomic E-state index is 0.128. The first-order chi connectivity index (χ1) is 15.9. The zero-order valence-corrected chi connectivity index (χ0v) is 18.0. The van der Waals surface area contributed by atoms with Crippen LogP contribution in [0.25, 0.3) is 11.3 Å². The highest BCUT2D eigenvalue weighted by Gasteiger charge is 2.15. The first-order valence-corrected chi connectivity index (χ1v) is 11.3. The van der Waals surface area contributed by atoms with Crippen molar-refractivity contribution < 1.29 is 18.0 Å². The van der Waals surface area contributed by atoms with Gasteiger partial charge in [-0.2, -0.15) is 5.10 Å². The Balaban J connectivity index is 1.34. The summed E-state index contributed by atoms with van der Waals surface area (Å²) in [4.78, 5) is 24.8. The molecule has 0 bridgehead atoms. The molecule has 4 aromatic rings. The molecule has 0 aliphatic carbocycles. The molecule has 0 atom stereocenters. The lowest BCUT2D eigenvalue weighted by Gasteiger charge is -2.09. The molecular formula is C23H19N5O4S. The van der Waals surface area contributed by atoms with E-state index in [4.69, 9.17) is 0 Å². The van der Waals surface area contributed by atoms with Crippen LogP contribution in [0.5, 0.6) is 0 Å². The van der Waals surface area contributed by atoms with Crippen LogP contribution in [0.15, 0.2) is 95.9 Å². The summed E-state index contributed by atoms with van der Waals surface area (Å²) >= 11 is 0. The van der Waals surface area contributed by atoms with Gasteiger partial charge in [0.15, 0.2) is 0 Å². The van der Waals surface area contributed by atoms with Crippen molar-refractivity contribution in [2.24, 2.45) is 0 Å². The third-order valence-electron chi connectivity index (χ3n) is 4.63. The summed E-state index contributed by atoms with van der Waals surface area (Å²) in [6, 6.07) is 24.6. The van der Waals surface area contributed by atoms with Crippen molar-refractivity contribution in [1.82, 2.24) is 21.0 Å². The first kappa shape index (κ1) is 21.8. The molecular weight excluding hydrogens is 442 g/mol. The summed E-state index contributed by atoms with van der Waals surface area (Å²) in [6.45, 7) is 0. The molecule has 0 aliphatic heterocycles. The third-order valence-corrected chi connectivity index (χ3v) is 6.03. The minimum atomic E-state index is -3.73. The molecule has 0 saturated heterocycles. The SMILES string of the molecule is O=C(NNC(=O)c1cc(-c2ccccc2)n[nH]1)c1ccc(NS(=O)(=O)c2ccccc2)cc1. The molecule has 1 heterocycles. The number of hydrogen-bond acceptors (Lipinski definition) is 5. The number of sulfonamides is 1. The largest absolute Gasteiger partial charge is 0.287 e. The van der Waals surface area contributed by atoms with E-state index in [1.807, 2.05) is 30.3 Å². The summed E-state index contributed by atoms with van der Waals surface area (Å²) in [5.74, 6) is -1.13. The third kappa shape index (κ3) is 5.25. The molecule has 9 nitrogen and oxygen atoms in total. The lowest BCUT2D eigenvalue weighted by molar-refractivity contribution is 0.0844. The van der Waals surface area contributed by atoms with Gasteiger partial charge in [0.25, 0.3) is 21.8 Å². The number of hydrogen-bond donors (Lipinski definition) is 4. The average molecular weight is 462 g/mol.